The highest BCUT2D eigenvalue weighted by Gasteiger charge is 2.30. The van der Waals surface area contributed by atoms with Crippen molar-refractivity contribution in [3.63, 3.8) is 0 Å². The van der Waals surface area contributed by atoms with Gasteiger partial charge in [-0.2, -0.15) is 0 Å². The van der Waals surface area contributed by atoms with Crippen LogP contribution in [0.3, 0.4) is 0 Å². The molecule has 1 N–H and O–H groups in total. The zero-order valence-electron chi connectivity index (χ0n) is 13.8. The second-order valence-corrected chi connectivity index (χ2v) is 7.53. The minimum atomic E-state index is 0. The van der Waals surface area contributed by atoms with Crippen LogP contribution < -0.4 is 5.32 Å². The van der Waals surface area contributed by atoms with Crippen molar-refractivity contribution < 1.29 is 0 Å². The maximum atomic E-state index is 3.74. The summed E-state index contributed by atoms with van der Waals surface area (Å²) < 4.78 is 2.62. The Morgan fingerprint density at radius 3 is 2.74 bits per heavy atom. The summed E-state index contributed by atoms with van der Waals surface area (Å²) >= 11 is 0. The molecule has 124 valence electrons. The van der Waals surface area contributed by atoms with Gasteiger partial charge in [-0.1, -0.05) is 25.3 Å². The van der Waals surface area contributed by atoms with Gasteiger partial charge in [0.1, 0.15) is 0 Å². The molecule has 1 fully saturated rings. The van der Waals surface area contributed by atoms with Crippen molar-refractivity contribution in [3.05, 3.63) is 35.0 Å². The molecule has 1 unspecified atom stereocenters. The third-order valence-corrected chi connectivity index (χ3v) is 6.29. The Morgan fingerprint density at radius 1 is 1.00 bits per heavy atom. The molecule has 0 saturated heterocycles. The number of rotatable bonds is 1. The van der Waals surface area contributed by atoms with E-state index in [0.29, 0.717) is 6.04 Å². The smallest absolute Gasteiger partial charge is 0.0486 e. The molecule has 0 bridgehead atoms. The summed E-state index contributed by atoms with van der Waals surface area (Å²) in [6.07, 6.45) is 11.0. The topological polar surface area (TPSA) is 17.0 Å². The summed E-state index contributed by atoms with van der Waals surface area (Å²) in [7, 11) is 0. The largest absolute Gasteiger partial charge is 0.342 e. The third kappa shape index (κ3) is 2.42. The lowest BCUT2D eigenvalue weighted by molar-refractivity contribution is 0.384. The van der Waals surface area contributed by atoms with Gasteiger partial charge in [-0.05, 0) is 61.3 Å². The Morgan fingerprint density at radius 2 is 1.87 bits per heavy atom. The molecule has 1 aromatic carbocycles. The van der Waals surface area contributed by atoms with E-state index in [0.717, 1.165) is 19.0 Å². The first-order valence-electron chi connectivity index (χ1n) is 9.30. The molecule has 2 aromatic rings. The van der Waals surface area contributed by atoms with Gasteiger partial charge in [-0.25, -0.2) is 0 Å². The SMILES string of the molecule is Cl.c1cc2c(cc1C1CCCCC1)c1c3n2CCNC3CCC1. The molecule has 2 heterocycles. The van der Waals surface area contributed by atoms with Crippen molar-refractivity contribution in [2.45, 2.75) is 69.9 Å². The number of benzene rings is 1. The van der Waals surface area contributed by atoms with Gasteiger partial charge in [-0.15, -0.1) is 12.4 Å². The molecular formula is C20H27ClN2. The number of hydrogen-bond donors (Lipinski definition) is 1. The molecule has 3 aliphatic rings. The highest BCUT2D eigenvalue weighted by Crippen LogP contribution is 2.41. The van der Waals surface area contributed by atoms with E-state index in [1.165, 1.54) is 56.9 Å². The summed E-state index contributed by atoms with van der Waals surface area (Å²) in [5.41, 5.74) is 6.39. The molecule has 0 spiro atoms. The predicted molar refractivity (Wildman–Crippen MR) is 98.7 cm³/mol. The van der Waals surface area contributed by atoms with Crippen molar-refractivity contribution in [1.82, 2.24) is 9.88 Å². The lowest BCUT2D eigenvalue weighted by Crippen LogP contribution is -2.35. The van der Waals surface area contributed by atoms with Crippen LogP contribution in [0.1, 0.15) is 73.7 Å². The molecule has 2 aliphatic carbocycles. The zero-order chi connectivity index (χ0) is 14.5. The lowest BCUT2D eigenvalue weighted by atomic mass is 9.83. The van der Waals surface area contributed by atoms with Crippen LogP contribution in [0.15, 0.2) is 18.2 Å². The highest BCUT2D eigenvalue weighted by atomic mass is 35.5. The Labute approximate surface area is 145 Å². The number of nitrogens with zero attached hydrogens (tertiary/aromatic N) is 1. The zero-order valence-corrected chi connectivity index (χ0v) is 14.6. The molecule has 1 atom stereocenters. The van der Waals surface area contributed by atoms with E-state index in [2.05, 4.69) is 28.1 Å². The second kappa shape index (κ2) is 6.14. The number of halogens is 1. The summed E-state index contributed by atoms with van der Waals surface area (Å²) in [6, 6.07) is 8.04. The Bertz CT molecular complexity index is 710. The van der Waals surface area contributed by atoms with E-state index >= 15 is 0 Å². The number of aromatic nitrogens is 1. The van der Waals surface area contributed by atoms with Gasteiger partial charge >= 0.3 is 0 Å². The van der Waals surface area contributed by atoms with E-state index < -0.39 is 0 Å². The monoisotopic (exact) mass is 330 g/mol. The molecular weight excluding hydrogens is 304 g/mol. The van der Waals surface area contributed by atoms with E-state index in [-0.39, 0.29) is 12.4 Å². The van der Waals surface area contributed by atoms with Gasteiger partial charge in [0, 0.05) is 35.7 Å². The lowest BCUT2D eigenvalue weighted by Gasteiger charge is -2.31. The Balaban J connectivity index is 0.00000135. The summed E-state index contributed by atoms with van der Waals surface area (Å²) in [6.45, 7) is 2.27. The van der Waals surface area contributed by atoms with E-state index in [1.807, 2.05) is 0 Å². The van der Waals surface area contributed by atoms with Gasteiger partial charge < -0.3 is 9.88 Å². The first-order chi connectivity index (χ1) is 10.9. The van der Waals surface area contributed by atoms with Crippen molar-refractivity contribution in [3.8, 4) is 0 Å². The average molecular weight is 331 g/mol. The van der Waals surface area contributed by atoms with Gasteiger partial charge in [0.2, 0.25) is 0 Å². The second-order valence-electron chi connectivity index (χ2n) is 7.53. The first-order valence-corrected chi connectivity index (χ1v) is 9.30. The average Bonchev–Trinajstić information content (AvgIpc) is 2.92. The van der Waals surface area contributed by atoms with E-state index in [9.17, 15) is 0 Å². The number of hydrogen-bond acceptors (Lipinski definition) is 1. The maximum Gasteiger partial charge on any atom is 0.0486 e. The highest BCUT2D eigenvalue weighted by molar-refractivity contribution is 5.87. The van der Waals surface area contributed by atoms with Crippen LogP contribution in [0.25, 0.3) is 10.9 Å². The third-order valence-electron chi connectivity index (χ3n) is 6.29. The fraction of sp³-hybridized carbons (Fsp3) is 0.600. The van der Waals surface area contributed by atoms with E-state index in [4.69, 9.17) is 0 Å². The van der Waals surface area contributed by atoms with Crippen molar-refractivity contribution >= 4 is 23.3 Å². The molecule has 1 aliphatic heterocycles. The number of aryl methyl sites for hydroxylation is 1. The molecule has 2 nitrogen and oxygen atoms in total. The fourth-order valence-electron chi connectivity index (χ4n) is 5.22. The normalized spacial score (nSPS) is 24.3. The van der Waals surface area contributed by atoms with Crippen molar-refractivity contribution in [1.29, 1.82) is 0 Å². The van der Waals surface area contributed by atoms with E-state index in [1.54, 1.807) is 22.2 Å². The standard InChI is InChI=1S/C20H26N2.ClH/c1-2-5-14(6-3-1)15-9-10-19-17(13-15)16-7-4-8-18-20(16)22(19)12-11-21-18;/h9-10,13-14,18,21H,1-8,11-12H2;1H. The van der Waals surface area contributed by atoms with Crippen LogP contribution in [0.5, 0.6) is 0 Å². The molecule has 3 heteroatoms. The minimum absolute atomic E-state index is 0. The summed E-state index contributed by atoms with van der Waals surface area (Å²) in [5.74, 6) is 0.819. The first kappa shape index (κ1) is 15.5. The van der Waals surface area contributed by atoms with Crippen LogP contribution in [0.4, 0.5) is 0 Å². The fourth-order valence-corrected chi connectivity index (χ4v) is 5.22. The van der Waals surface area contributed by atoms with Crippen LogP contribution in [0, 0.1) is 0 Å². The van der Waals surface area contributed by atoms with Crippen LogP contribution in [-0.4, -0.2) is 11.1 Å². The van der Waals surface area contributed by atoms with Crippen molar-refractivity contribution in [2.24, 2.45) is 0 Å². The molecule has 5 rings (SSSR count). The quantitative estimate of drug-likeness (QED) is 0.770. The molecule has 0 radical (unpaired) electrons. The minimum Gasteiger partial charge on any atom is -0.342 e. The molecule has 1 aromatic heterocycles. The van der Waals surface area contributed by atoms with Crippen LogP contribution >= 0.6 is 12.4 Å². The number of fused-ring (bicyclic) bond motifs is 3. The predicted octanol–water partition coefficient (Wildman–Crippen LogP) is 5.09. The summed E-state index contributed by atoms with van der Waals surface area (Å²) in [5, 5.41) is 5.31. The Hall–Kier alpha value is -0.990. The summed E-state index contributed by atoms with van der Waals surface area (Å²) in [4.78, 5) is 0. The molecule has 0 amide bonds. The van der Waals surface area contributed by atoms with Gasteiger partial charge in [0.25, 0.3) is 0 Å². The molecule has 1 saturated carbocycles. The maximum absolute atomic E-state index is 3.74. The van der Waals surface area contributed by atoms with Crippen molar-refractivity contribution in [2.75, 3.05) is 6.54 Å². The Kier molecular flexibility index (Phi) is 4.15. The van der Waals surface area contributed by atoms with Gasteiger partial charge in [0.15, 0.2) is 0 Å². The van der Waals surface area contributed by atoms with Gasteiger partial charge in [-0.3, -0.25) is 0 Å². The molecule has 23 heavy (non-hydrogen) atoms. The van der Waals surface area contributed by atoms with Crippen LogP contribution in [0.2, 0.25) is 0 Å². The van der Waals surface area contributed by atoms with Crippen LogP contribution in [-0.2, 0) is 13.0 Å². The number of nitrogens with one attached hydrogen (secondary N) is 1. The van der Waals surface area contributed by atoms with Gasteiger partial charge in [0.05, 0.1) is 0 Å².